The molecule has 19 heavy (non-hydrogen) atoms. The molecule has 0 atom stereocenters. The van der Waals surface area contributed by atoms with Crippen molar-refractivity contribution in [3.05, 3.63) is 46.8 Å². The number of nitrogen functional groups attached to an aromatic ring is 1. The van der Waals surface area contributed by atoms with Crippen molar-refractivity contribution in [3.63, 3.8) is 0 Å². The van der Waals surface area contributed by atoms with Crippen molar-refractivity contribution >= 4 is 17.8 Å². The Balaban J connectivity index is 2.18. The van der Waals surface area contributed by atoms with Gasteiger partial charge in [-0.05, 0) is 29.5 Å². The van der Waals surface area contributed by atoms with Crippen molar-refractivity contribution in [3.8, 4) is 0 Å². The van der Waals surface area contributed by atoms with Crippen LogP contribution in [-0.2, 0) is 5.41 Å². The van der Waals surface area contributed by atoms with Crippen LogP contribution in [0.1, 0.15) is 43.4 Å². The summed E-state index contributed by atoms with van der Waals surface area (Å²) in [5.41, 5.74) is 9.73. The second-order valence-electron chi connectivity index (χ2n) is 5.74. The number of rotatable bonds is 2. The number of nitrogens with two attached hydrogens (primary N) is 1. The number of benzene rings is 1. The van der Waals surface area contributed by atoms with Crippen LogP contribution in [0.15, 0.2) is 28.8 Å². The summed E-state index contributed by atoms with van der Waals surface area (Å²) in [7, 11) is 0. The average Bonchev–Trinajstić information content (AvgIpc) is 2.67. The largest absolute Gasteiger partial charge is 0.394 e. The Labute approximate surface area is 114 Å². The monoisotopic (exact) mass is 256 g/mol. The Bertz CT molecular complexity index is 586. The number of anilines is 1. The van der Waals surface area contributed by atoms with Gasteiger partial charge in [0.15, 0.2) is 5.76 Å². The summed E-state index contributed by atoms with van der Waals surface area (Å²) in [5, 5.41) is 3.90. The van der Waals surface area contributed by atoms with E-state index >= 15 is 0 Å². The van der Waals surface area contributed by atoms with E-state index in [9.17, 15) is 0 Å². The van der Waals surface area contributed by atoms with Crippen LogP contribution in [0.5, 0.6) is 0 Å². The molecule has 1 heterocycles. The van der Waals surface area contributed by atoms with E-state index in [-0.39, 0.29) is 5.41 Å². The molecule has 2 rings (SSSR count). The van der Waals surface area contributed by atoms with Gasteiger partial charge in [0.2, 0.25) is 0 Å². The quantitative estimate of drug-likeness (QED) is 0.882. The molecule has 3 nitrogen and oxygen atoms in total. The van der Waals surface area contributed by atoms with Crippen LogP contribution in [-0.4, -0.2) is 5.16 Å². The lowest BCUT2D eigenvalue weighted by Gasteiger charge is -2.18. The van der Waals surface area contributed by atoms with E-state index < -0.39 is 0 Å². The van der Waals surface area contributed by atoms with Gasteiger partial charge in [0.25, 0.3) is 0 Å². The summed E-state index contributed by atoms with van der Waals surface area (Å²) in [5.74, 6) is 0.655. The predicted molar refractivity (Wildman–Crippen MR) is 79.7 cm³/mol. The van der Waals surface area contributed by atoms with E-state index in [0.29, 0.717) is 17.1 Å². The van der Waals surface area contributed by atoms with Crippen molar-refractivity contribution in [1.82, 2.24) is 5.16 Å². The van der Waals surface area contributed by atoms with Crippen LogP contribution in [0.4, 0.5) is 5.69 Å². The molecule has 0 saturated carbocycles. The lowest BCUT2D eigenvalue weighted by molar-refractivity contribution is 0.397. The zero-order chi connectivity index (χ0) is 14.0. The number of hydrogen-bond acceptors (Lipinski definition) is 3. The molecule has 0 spiro atoms. The molecule has 1 aromatic carbocycles. The van der Waals surface area contributed by atoms with E-state index in [1.807, 2.05) is 12.2 Å². The molecule has 100 valence electrons. The van der Waals surface area contributed by atoms with Crippen LogP contribution in [0.3, 0.4) is 0 Å². The minimum Gasteiger partial charge on any atom is -0.394 e. The zero-order valence-corrected chi connectivity index (χ0v) is 11.9. The molecular formula is C16H20N2O. The third-order valence-corrected chi connectivity index (χ3v) is 3.15. The summed E-state index contributed by atoms with van der Waals surface area (Å²) in [6.07, 6.45) is 3.86. The number of nitrogens with zero attached hydrogens (tertiary/aromatic N) is 1. The minimum absolute atomic E-state index is 0.176. The Morgan fingerprint density at radius 2 is 1.74 bits per heavy atom. The third kappa shape index (κ3) is 3.05. The maximum Gasteiger partial charge on any atom is 0.157 e. The molecule has 0 fully saturated rings. The van der Waals surface area contributed by atoms with Crippen molar-refractivity contribution in [2.75, 3.05) is 5.73 Å². The molecule has 0 saturated heterocycles. The molecule has 2 aromatic rings. The summed E-state index contributed by atoms with van der Waals surface area (Å²) in [6.45, 7) is 8.42. The molecule has 0 amide bonds. The molecule has 2 N–H and O–H groups in total. The maximum atomic E-state index is 5.84. The first-order valence-corrected chi connectivity index (χ1v) is 6.38. The zero-order valence-electron chi connectivity index (χ0n) is 11.9. The fraction of sp³-hybridized carbons (Fsp3) is 0.312. The highest BCUT2D eigenvalue weighted by Crippen LogP contribution is 2.23. The van der Waals surface area contributed by atoms with Crippen molar-refractivity contribution < 1.29 is 4.52 Å². The second-order valence-corrected chi connectivity index (χ2v) is 5.74. The van der Waals surface area contributed by atoms with E-state index in [1.54, 1.807) is 6.92 Å². The van der Waals surface area contributed by atoms with E-state index in [2.05, 4.69) is 50.2 Å². The molecule has 0 aliphatic rings. The van der Waals surface area contributed by atoms with Crippen LogP contribution in [0, 0.1) is 6.92 Å². The first-order valence-electron chi connectivity index (χ1n) is 6.38. The lowest BCUT2D eigenvalue weighted by atomic mass is 9.87. The minimum atomic E-state index is 0.176. The first-order chi connectivity index (χ1) is 8.88. The standard InChI is InChI=1S/C16H20N2O/c1-11-15(17)14(18-19-11)10-7-12-5-8-13(9-6-12)16(2,3)4/h5-10H,17H2,1-4H3/b10-7+. The summed E-state index contributed by atoms with van der Waals surface area (Å²) >= 11 is 0. The Morgan fingerprint density at radius 3 is 2.21 bits per heavy atom. The summed E-state index contributed by atoms with van der Waals surface area (Å²) < 4.78 is 5.02. The smallest absolute Gasteiger partial charge is 0.157 e. The lowest BCUT2D eigenvalue weighted by Crippen LogP contribution is -2.10. The Hall–Kier alpha value is -2.03. The molecule has 3 heteroatoms. The first kappa shape index (κ1) is 13.4. The Morgan fingerprint density at radius 1 is 1.11 bits per heavy atom. The van der Waals surface area contributed by atoms with Gasteiger partial charge in [-0.2, -0.15) is 0 Å². The van der Waals surface area contributed by atoms with E-state index in [0.717, 1.165) is 5.56 Å². The second kappa shape index (κ2) is 4.92. The van der Waals surface area contributed by atoms with Crippen molar-refractivity contribution in [2.24, 2.45) is 0 Å². The SMILES string of the molecule is Cc1onc(/C=C/c2ccc(C(C)(C)C)cc2)c1N. The average molecular weight is 256 g/mol. The predicted octanol–water partition coefficient (Wildman–Crippen LogP) is 4.03. The molecule has 0 aliphatic heterocycles. The highest BCUT2D eigenvalue weighted by Gasteiger charge is 2.12. The summed E-state index contributed by atoms with van der Waals surface area (Å²) in [6, 6.07) is 8.49. The van der Waals surface area contributed by atoms with Crippen molar-refractivity contribution in [2.45, 2.75) is 33.1 Å². The fourth-order valence-electron chi connectivity index (χ4n) is 1.79. The van der Waals surface area contributed by atoms with Gasteiger partial charge in [-0.25, -0.2) is 0 Å². The van der Waals surface area contributed by atoms with Gasteiger partial charge < -0.3 is 10.3 Å². The van der Waals surface area contributed by atoms with E-state index in [4.69, 9.17) is 10.3 Å². The molecule has 0 unspecified atom stereocenters. The van der Waals surface area contributed by atoms with Crippen LogP contribution >= 0.6 is 0 Å². The maximum absolute atomic E-state index is 5.84. The highest BCUT2D eigenvalue weighted by atomic mass is 16.5. The fourth-order valence-corrected chi connectivity index (χ4v) is 1.79. The van der Waals surface area contributed by atoms with Crippen LogP contribution in [0.25, 0.3) is 12.2 Å². The normalized spacial score (nSPS) is 12.2. The molecular weight excluding hydrogens is 236 g/mol. The molecule has 1 aromatic heterocycles. The number of aryl methyl sites for hydroxylation is 1. The number of aromatic nitrogens is 1. The van der Waals surface area contributed by atoms with Gasteiger partial charge in [-0.1, -0.05) is 56.3 Å². The summed E-state index contributed by atoms with van der Waals surface area (Å²) in [4.78, 5) is 0. The van der Waals surface area contributed by atoms with E-state index in [1.165, 1.54) is 5.56 Å². The third-order valence-electron chi connectivity index (χ3n) is 3.15. The van der Waals surface area contributed by atoms with Crippen LogP contribution < -0.4 is 5.73 Å². The van der Waals surface area contributed by atoms with Crippen molar-refractivity contribution in [1.29, 1.82) is 0 Å². The van der Waals surface area contributed by atoms with Gasteiger partial charge in [-0.3, -0.25) is 0 Å². The van der Waals surface area contributed by atoms with Gasteiger partial charge in [-0.15, -0.1) is 0 Å². The topological polar surface area (TPSA) is 52.0 Å². The van der Waals surface area contributed by atoms with Crippen LogP contribution in [0.2, 0.25) is 0 Å². The molecule has 0 bridgehead atoms. The van der Waals surface area contributed by atoms with Gasteiger partial charge in [0, 0.05) is 0 Å². The molecule has 0 aliphatic carbocycles. The highest BCUT2D eigenvalue weighted by molar-refractivity contribution is 5.74. The molecule has 0 radical (unpaired) electrons. The Kier molecular flexibility index (Phi) is 3.47. The van der Waals surface area contributed by atoms with Gasteiger partial charge in [0.05, 0.1) is 0 Å². The van der Waals surface area contributed by atoms with Gasteiger partial charge >= 0.3 is 0 Å². The number of hydrogen-bond donors (Lipinski definition) is 1. The van der Waals surface area contributed by atoms with Gasteiger partial charge in [0.1, 0.15) is 11.4 Å².